The second-order valence-electron chi connectivity index (χ2n) is 10.7. The number of nitrogens with zero attached hydrogens (tertiary/aromatic N) is 2. The molecule has 3 aromatic rings. The first kappa shape index (κ1) is 35.4. The highest BCUT2D eigenvalue weighted by Crippen LogP contribution is 2.07. The molecule has 46 heavy (non-hydrogen) atoms. The van der Waals surface area contributed by atoms with Crippen molar-refractivity contribution in [2.24, 2.45) is 5.73 Å². The Hall–Kier alpha value is -5.13. The Balaban J connectivity index is 1.80. The van der Waals surface area contributed by atoms with Gasteiger partial charge in [-0.25, -0.2) is 14.8 Å². The monoisotopic (exact) mass is 641 g/mol. The third-order valence-electron chi connectivity index (χ3n) is 6.95. The number of imidazole rings is 2. The van der Waals surface area contributed by atoms with Gasteiger partial charge in [-0.05, 0) is 25.8 Å². The molecule has 0 fully saturated rings. The largest absolute Gasteiger partial charge is 0.480 e. The predicted octanol–water partition coefficient (Wildman–Crippen LogP) is -2.73. The van der Waals surface area contributed by atoms with Gasteiger partial charge in [0.05, 0.1) is 42.3 Å². The molecule has 17 nitrogen and oxygen atoms in total. The van der Waals surface area contributed by atoms with E-state index < -0.39 is 72.0 Å². The van der Waals surface area contributed by atoms with Crippen molar-refractivity contribution < 1.29 is 39.3 Å². The number of benzene rings is 1. The molecule has 2 aromatic heterocycles. The Morgan fingerprint density at radius 3 is 1.65 bits per heavy atom. The summed E-state index contributed by atoms with van der Waals surface area (Å²) in [6, 6.07) is 2.07. The molecule has 4 amide bonds. The molecule has 0 spiro atoms. The van der Waals surface area contributed by atoms with Crippen LogP contribution in [0.1, 0.15) is 30.8 Å². The van der Waals surface area contributed by atoms with E-state index in [0.717, 1.165) is 12.5 Å². The smallest absolute Gasteiger partial charge is 0.328 e. The maximum absolute atomic E-state index is 13.6. The number of aromatic amines is 2. The summed E-state index contributed by atoms with van der Waals surface area (Å²) >= 11 is 0. The van der Waals surface area contributed by atoms with Crippen LogP contribution < -0.4 is 27.0 Å². The Bertz CT molecular complexity index is 1430. The van der Waals surface area contributed by atoms with E-state index in [1.165, 1.54) is 32.0 Å². The van der Waals surface area contributed by atoms with Crippen molar-refractivity contribution in [2.45, 2.75) is 75.5 Å². The molecule has 7 atom stereocenters. The molecular formula is C29H39N9O8. The number of hydrogen-bond acceptors (Lipinski definition) is 10. The van der Waals surface area contributed by atoms with Gasteiger partial charge in [0.2, 0.25) is 23.6 Å². The van der Waals surface area contributed by atoms with E-state index in [9.17, 15) is 39.3 Å². The highest BCUT2D eigenvalue weighted by atomic mass is 16.4. The van der Waals surface area contributed by atoms with Crippen LogP contribution >= 0.6 is 0 Å². The highest BCUT2D eigenvalue weighted by molar-refractivity contribution is 5.96. The third kappa shape index (κ3) is 10.5. The molecule has 0 bridgehead atoms. The number of H-pyrrole nitrogens is 2. The van der Waals surface area contributed by atoms with E-state index in [1.54, 1.807) is 0 Å². The van der Waals surface area contributed by atoms with Crippen molar-refractivity contribution in [3.8, 4) is 0 Å². The van der Waals surface area contributed by atoms with E-state index in [-0.39, 0.29) is 19.3 Å². The molecule has 0 aliphatic rings. The number of nitrogens with two attached hydrogens (primary N) is 1. The minimum Gasteiger partial charge on any atom is -0.480 e. The average molecular weight is 642 g/mol. The number of aliphatic hydroxyl groups excluding tert-OH is 2. The molecule has 2 heterocycles. The van der Waals surface area contributed by atoms with Gasteiger partial charge in [-0.3, -0.25) is 19.2 Å². The van der Waals surface area contributed by atoms with Crippen LogP contribution in [0.25, 0.3) is 0 Å². The van der Waals surface area contributed by atoms with Crippen LogP contribution in [0.3, 0.4) is 0 Å². The van der Waals surface area contributed by atoms with Gasteiger partial charge in [0.1, 0.15) is 18.1 Å². The van der Waals surface area contributed by atoms with E-state index in [2.05, 4.69) is 41.2 Å². The van der Waals surface area contributed by atoms with Crippen molar-refractivity contribution in [3.63, 3.8) is 0 Å². The Labute approximate surface area is 263 Å². The number of aliphatic carboxylic acids is 1. The first-order valence-corrected chi connectivity index (χ1v) is 14.4. The molecule has 0 aliphatic heterocycles. The van der Waals surface area contributed by atoms with Crippen LogP contribution in [-0.2, 0) is 43.2 Å². The predicted molar refractivity (Wildman–Crippen MR) is 161 cm³/mol. The van der Waals surface area contributed by atoms with Crippen LogP contribution in [0.4, 0.5) is 0 Å². The number of rotatable bonds is 17. The minimum absolute atomic E-state index is 0.0650. The number of amides is 4. The molecular weight excluding hydrogens is 602 g/mol. The summed E-state index contributed by atoms with van der Waals surface area (Å²) in [7, 11) is 0. The molecule has 1 aromatic carbocycles. The molecule has 0 saturated carbocycles. The Morgan fingerprint density at radius 1 is 0.717 bits per heavy atom. The Kier molecular flexibility index (Phi) is 12.9. The van der Waals surface area contributed by atoms with Crippen molar-refractivity contribution >= 4 is 29.6 Å². The van der Waals surface area contributed by atoms with Gasteiger partial charge in [0.15, 0.2) is 6.04 Å². The number of carbonyl (C=O) groups excluding carboxylic acids is 4. The van der Waals surface area contributed by atoms with Gasteiger partial charge >= 0.3 is 5.97 Å². The quantitative estimate of drug-likeness (QED) is 0.0722. The summed E-state index contributed by atoms with van der Waals surface area (Å²) in [6.07, 6.45) is 2.75. The number of aromatic nitrogens is 4. The van der Waals surface area contributed by atoms with Gasteiger partial charge in [0.25, 0.3) is 0 Å². The molecule has 17 heteroatoms. The van der Waals surface area contributed by atoms with Crippen molar-refractivity contribution in [1.82, 2.24) is 41.2 Å². The van der Waals surface area contributed by atoms with Crippen LogP contribution in [0, 0.1) is 0 Å². The number of nitrogens with one attached hydrogen (secondary N) is 6. The zero-order valence-corrected chi connectivity index (χ0v) is 25.2. The first-order valence-electron chi connectivity index (χ1n) is 14.4. The standard InChI is InChI=1S/C29H39N9O8/c1-15(39)23(28(44)38-24(16(2)40)29(45)46)37-27(43)22(10-19-12-32-14-34-19)36-26(42)21(9-18-11-31-13-33-18)35-25(41)20(30)8-17-6-4-3-5-7-17/h3-7,11-16,20-24,39-40H,8-10,30H2,1-2H3,(H,31,33)(H,32,34)(H,35,41)(H,36,42)(H,37,43)(H,38,44)(H,45,46)/t15-,16-,20+,21+,22+,23+,24+/m1/s1. The summed E-state index contributed by atoms with van der Waals surface area (Å²) in [5.41, 5.74) is 7.74. The lowest BCUT2D eigenvalue weighted by molar-refractivity contribution is -0.146. The topological polar surface area (TPSA) is 278 Å². The van der Waals surface area contributed by atoms with Gasteiger partial charge in [-0.15, -0.1) is 0 Å². The van der Waals surface area contributed by atoms with E-state index in [0.29, 0.717) is 11.4 Å². The SMILES string of the molecule is C[C@@H](O)[C@H](NC(=O)[C@@H](NC(=O)[C@H](Cc1c[nH]cn1)NC(=O)[C@H](Cc1c[nH]cn1)NC(=O)[C@@H](N)Cc1ccccc1)[C@@H](C)O)C(=O)O. The van der Waals surface area contributed by atoms with Gasteiger partial charge < -0.3 is 52.3 Å². The van der Waals surface area contributed by atoms with Gasteiger partial charge in [0, 0.05) is 25.2 Å². The lowest BCUT2D eigenvalue weighted by atomic mass is 10.0. The van der Waals surface area contributed by atoms with Crippen molar-refractivity contribution in [2.75, 3.05) is 0 Å². The summed E-state index contributed by atoms with van der Waals surface area (Å²) in [6.45, 7) is 2.34. The number of carbonyl (C=O) groups is 5. The summed E-state index contributed by atoms with van der Waals surface area (Å²) in [5, 5.41) is 38.9. The highest BCUT2D eigenvalue weighted by Gasteiger charge is 2.35. The number of aliphatic hydroxyl groups is 2. The van der Waals surface area contributed by atoms with E-state index >= 15 is 0 Å². The molecule has 248 valence electrons. The first-order chi connectivity index (χ1) is 21.8. The fourth-order valence-corrected chi connectivity index (χ4v) is 4.44. The molecule has 3 rings (SSSR count). The lowest BCUT2D eigenvalue weighted by Gasteiger charge is -2.27. The second-order valence-corrected chi connectivity index (χ2v) is 10.7. The van der Waals surface area contributed by atoms with Crippen molar-refractivity contribution in [1.29, 1.82) is 0 Å². The minimum atomic E-state index is -1.72. The summed E-state index contributed by atoms with van der Waals surface area (Å²) < 4.78 is 0. The van der Waals surface area contributed by atoms with Crippen molar-refractivity contribution in [3.05, 3.63) is 72.3 Å². The summed E-state index contributed by atoms with van der Waals surface area (Å²) in [4.78, 5) is 78.3. The van der Waals surface area contributed by atoms with Crippen LogP contribution in [0.5, 0.6) is 0 Å². The van der Waals surface area contributed by atoms with Gasteiger partial charge in [-0.2, -0.15) is 0 Å². The van der Waals surface area contributed by atoms with Crippen LogP contribution in [0.2, 0.25) is 0 Å². The normalized spacial score (nSPS) is 15.7. The van der Waals surface area contributed by atoms with Crippen LogP contribution in [-0.4, -0.2) is 107 Å². The lowest BCUT2D eigenvalue weighted by Crippen LogP contribution is -2.61. The maximum atomic E-state index is 13.6. The number of hydrogen-bond donors (Lipinski definition) is 10. The number of carboxylic acid groups (broad SMARTS) is 1. The fourth-order valence-electron chi connectivity index (χ4n) is 4.44. The number of carboxylic acids is 1. The fraction of sp³-hybridized carbons (Fsp3) is 0.414. The molecule has 0 aliphatic carbocycles. The summed E-state index contributed by atoms with van der Waals surface area (Å²) in [5.74, 6) is -4.94. The molecule has 0 saturated heterocycles. The molecule has 0 unspecified atom stereocenters. The molecule has 11 N–H and O–H groups in total. The third-order valence-corrected chi connectivity index (χ3v) is 6.95. The van der Waals surface area contributed by atoms with E-state index in [1.807, 2.05) is 30.3 Å². The second kappa shape index (κ2) is 16.8. The van der Waals surface area contributed by atoms with Crippen LogP contribution in [0.15, 0.2) is 55.4 Å². The van der Waals surface area contributed by atoms with Gasteiger partial charge in [-0.1, -0.05) is 30.3 Å². The maximum Gasteiger partial charge on any atom is 0.328 e. The Morgan fingerprint density at radius 2 is 1.20 bits per heavy atom. The zero-order chi connectivity index (χ0) is 33.8. The average Bonchev–Trinajstić information content (AvgIpc) is 3.72. The molecule has 0 radical (unpaired) electrons. The van der Waals surface area contributed by atoms with E-state index in [4.69, 9.17) is 5.73 Å². The zero-order valence-electron chi connectivity index (χ0n) is 25.2.